The smallest absolute Gasteiger partial charge is 0.373 e. The monoisotopic (exact) mass is 430 g/mol. The van der Waals surface area contributed by atoms with E-state index >= 15 is 0 Å². The molecule has 31 heavy (non-hydrogen) atoms. The predicted molar refractivity (Wildman–Crippen MR) is 114 cm³/mol. The molecule has 7 heteroatoms. The minimum Gasteiger partial charge on any atom is -0.381 e. The average molecular weight is 430 g/mol. The van der Waals surface area contributed by atoms with Crippen molar-refractivity contribution in [3.8, 4) is 0 Å². The van der Waals surface area contributed by atoms with Crippen LogP contribution in [-0.4, -0.2) is 31.4 Å². The lowest BCUT2D eigenvalue weighted by Gasteiger charge is -2.16. The van der Waals surface area contributed by atoms with Crippen molar-refractivity contribution in [1.29, 1.82) is 0 Å². The fourth-order valence-electron chi connectivity index (χ4n) is 2.91. The zero-order valence-electron chi connectivity index (χ0n) is 18.7. The molecular formula is C24H30O7. The minimum atomic E-state index is -1.14. The highest BCUT2D eigenvalue weighted by Gasteiger charge is 2.21. The summed E-state index contributed by atoms with van der Waals surface area (Å²) in [4.78, 5) is 44.8. The van der Waals surface area contributed by atoms with Crippen molar-refractivity contribution in [3.63, 3.8) is 0 Å². The van der Waals surface area contributed by atoms with Gasteiger partial charge in [-0.25, -0.2) is 9.59 Å². The second-order valence-corrected chi connectivity index (χ2v) is 7.40. The third-order valence-corrected chi connectivity index (χ3v) is 4.51. The van der Waals surface area contributed by atoms with E-state index in [1.165, 1.54) is 0 Å². The average Bonchev–Trinajstić information content (AvgIpc) is 2.72. The number of rotatable bonds is 11. The number of ether oxygens (including phenoxy) is 1. The molecule has 7 nitrogen and oxygen atoms in total. The van der Waals surface area contributed by atoms with Gasteiger partial charge in [0.15, 0.2) is 0 Å². The highest BCUT2D eigenvalue weighted by atomic mass is 17.3. The van der Waals surface area contributed by atoms with Crippen LogP contribution in [0.2, 0.25) is 0 Å². The molecule has 0 atom stereocenters. The van der Waals surface area contributed by atoms with Crippen molar-refractivity contribution in [2.45, 2.75) is 53.8 Å². The summed E-state index contributed by atoms with van der Waals surface area (Å²) in [5.74, 6) is -1.33. The van der Waals surface area contributed by atoms with Gasteiger partial charge in [0.1, 0.15) is 0 Å². The first-order valence-corrected chi connectivity index (χ1v) is 10.3. The molecular weight excluding hydrogens is 400 g/mol. The quantitative estimate of drug-likeness (QED) is 0.216. The molecule has 0 bridgehead atoms. The number of hydrogen-bond donors (Lipinski definition) is 0. The third-order valence-electron chi connectivity index (χ3n) is 4.51. The lowest BCUT2D eigenvalue weighted by atomic mass is 10.1. The van der Waals surface area contributed by atoms with Gasteiger partial charge in [-0.1, -0.05) is 42.3 Å². The number of hydrogen-bond acceptors (Lipinski definition) is 7. The Morgan fingerprint density at radius 3 is 1.68 bits per heavy atom. The highest BCUT2D eigenvalue weighted by Crippen LogP contribution is 2.15. The van der Waals surface area contributed by atoms with E-state index in [2.05, 4.69) is 0 Å². The molecule has 0 saturated heterocycles. The van der Waals surface area contributed by atoms with Gasteiger partial charge >= 0.3 is 11.9 Å². The van der Waals surface area contributed by atoms with Crippen LogP contribution in [0.25, 0.3) is 0 Å². The summed E-state index contributed by atoms with van der Waals surface area (Å²) >= 11 is 0. The first-order chi connectivity index (χ1) is 14.8. The van der Waals surface area contributed by atoms with Crippen LogP contribution in [0.3, 0.4) is 0 Å². The zero-order valence-corrected chi connectivity index (χ0v) is 18.7. The highest BCUT2D eigenvalue weighted by molar-refractivity contribution is 5.91. The molecule has 0 saturated carbocycles. The summed E-state index contributed by atoms with van der Waals surface area (Å²) in [5, 5.41) is 0. The first-order valence-electron chi connectivity index (χ1n) is 10.3. The van der Waals surface area contributed by atoms with Gasteiger partial charge in [0.25, 0.3) is 0 Å². The summed E-state index contributed by atoms with van der Waals surface area (Å²) in [6.07, 6.45) is -0.0861. The van der Waals surface area contributed by atoms with Crippen LogP contribution < -0.4 is 0 Å². The fourth-order valence-corrected chi connectivity index (χ4v) is 2.91. The van der Waals surface area contributed by atoms with Crippen LogP contribution in [0.1, 0.15) is 62.7 Å². The Morgan fingerprint density at radius 2 is 1.26 bits per heavy atom. The van der Waals surface area contributed by atoms with E-state index in [0.717, 1.165) is 28.7 Å². The van der Waals surface area contributed by atoms with Gasteiger partial charge in [0.2, 0.25) is 6.29 Å². The maximum atomic E-state index is 12.4. The predicted octanol–water partition coefficient (Wildman–Crippen LogP) is 4.94. The van der Waals surface area contributed by atoms with Crippen molar-refractivity contribution in [2.75, 3.05) is 13.2 Å². The van der Waals surface area contributed by atoms with Gasteiger partial charge in [-0.2, -0.15) is 0 Å². The van der Waals surface area contributed by atoms with Gasteiger partial charge in [0, 0.05) is 13.0 Å². The second kappa shape index (κ2) is 12.2. The lowest BCUT2D eigenvalue weighted by molar-refractivity contribution is -0.422. The molecule has 0 heterocycles. The van der Waals surface area contributed by atoms with Gasteiger partial charge in [-0.05, 0) is 57.4 Å². The SMILES string of the molecule is CCCOCCC(OOC(=O)c1ccc(C)cc1C)OOC(=O)c1ccc(C)cc1C. The fraction of sp³-hybridized carbons (Fsp3) is 0.417. The van der Waals surface area contributed by atoms with Crippen molar-refractivity contribution in [2.24, 2.45) is 0 Å². The van der Waals surface area contributed by atoms with Gasteiger partial charge in [-0.3, -0.25) is 9.78 Å². The van der Waals surface area contributed by atoms with Gasteiger partial charge in [0.05, 0.1) is 17.7 Å². The van der Waals surface area contributed by atoms with Crippen molar-refractivity contribution < 1.29 is 33.9 Å². The summed E-state index contributed by atoms with van der Waals surface area (Å²) in [7, 11) is 0. The van der Waals surface area contributed by atoms with E-state index in [9.17, 15) is 9.59 Å². The Morgan fingerprint density at radius 1 is 0.774 bits per heavy atom. The van der Waals surface area contributed by atoms with Gasteiger partial charge in [-0.15, -0.1) is 9.78 Å². The van der Waals surface area contributed by atoms with Gasteiger partial charge < -0.3 is 4.74 Å². The Balaban J connectivity index is 1.97. The number of carbonyl (C=O) groups is 2. The van der Waals surface area contributed by atoms with E-state index in [-0.39, 0.29) is 13.0 Å². The van der Waals surface area contributed by atoms with E-state index in [4.69, 9.17) is 24.3 Å². The molecule has 2 aromatic rings. The molecule has 0 radical (unpaired) electrons. The second-order valence-electron chi connectivity index (χ2n) is 7.40. The molecule has 0 aliphatic rings. The molecule has 0 fully saturated rings. The molecule has 168 valence electrons. The van der Waals surface area contributed by atoms with Crippen LogP contribution in [-0.2, 0) is 24.3 Å². The van der Waals surface area contributed by atoms with Crippen LogP contribution in [0.4, 0.5) is 0 Å². The first kappa shape index (κ1) is 24.5. The maximum Gasteiger partial charge on any atom is 0.373 e. The zero-order chi connectivity index (χ0) is 22.8. The van der Waals surface area contributed by atoms with E-state index < -0.39 is 18.2 Å². The Labute approximate surface area is 183 Å². The lowest BCUT2D eigenvalue weighted by Crippen LogP contribution is -2.24. The Kier molecular flexibility index (Phi) is 9.65. The van der Waals surface area contributed by atoms with E-state index in [0.29, 0.717) is 17.7 Å². The molecule has 0 aromatic heterocycles. The van der Waals surface area contributed by atoms with Crippen molar-refractivity contribution in [3.05, 3.63) is 69.8 Å². The normalized spacial score (nSPS) is 10.9. The van der Waals surface area contributed by atoms with Crippen molar-refractivity contribution >= 4 is 11.9 Å². The topological polar surface area (TPSA) is 80.3 Å². The van der Waals surface area contributed by atoms with Crippen LogP contribution >= 0.6 is 0 Å². The summed E-state index contributed by atoms with van der Waals surface area (Å²) in [6, 6.07) is 10.7. The molecule has 0 aliphatic carbocycles. The van der Waals surface area contributed by atoms with Crippen molar-refractivity contribution in [1.82, 2.24) is 0 Å². The molecule has 0 spiro atoms. The summed E-state index contributed by atoms with van der Waals surface area (Å²) in [5.41, 5.74) is 4.33. The number of carbonyl (C=O) groups excluding carboxylic acids is 2. The minimum absolute atomic E-state index is 0.195. The molecule has 0 N–H and O–H groups in total. The molecule has 2 aromatic carbocycles. The Bertz CT molecular complexity index is 824. The molecule has 0 amide bonds. The Hall–Kier alpha value is -2.74. The maximum absolute atomic E-state index is 12.4. The van der Waals surface area contributed by atoms with E-state index in [1.54, 1.807) is 12.1 Å². The standard InChI is InChI=1S/C24H30O7/c1-6-12-27-13-11-22(28-30-23(25)20-9-7-16(2)14-18(20)4)29-31-24(26)21-10-8-17(3)15-19(21)5/h7-10,14-15,22H,6,11-13H2,1-5H3. The largest absolute Gasteiger partial charge is 0.381 e. The molecule has 0 aliphatic heterocycles. The molecule has 0 unspecified atom stereocenters. The summed E-state index contributed by atoms with van der Waals surface area (Å²) in [6.45, 7) is 10.3. The number of aryl methyl sites for hydroxylation is 4. The molecule has 2 rings (SSSR count). The van der Waals surface area contributed by atoms with E-state index in [1.807, 2.05) is 58.9 Å². The van der Waals surface area contributed by atoms with Crippen LogP contribution in [0.15, 0.2) is 36.4 Å². The third kappa shape index (κ3) is 7.79. The summed E-state index contributed by atoms with van der Waals surface area (Å²) < 4.78 is 5.42. The number of benzene rings is 2. The van der Waals surface area contributed by atoms with Crippen LogP contribution in [0.5, 0.6) is 0 Å². The van der Waals surface area contributed by atoms with Crippen LogP contribution in [0, 0.1) is 27.7 Å².